The number of hydrogen-bond donors (Lipinski definition) is 1. The lowest BCUT2D eigenvalue weighted by atomic mass is 10.1. The fourth-order valence-electron chi connectivity index (χ4n) is 2.38. The van der Waals surface area contributed by atoms with Gasteiger partial charge in [0.1, 0.15) is 0 Å². The summed E-state index contributed by atoms with van der Waals surface area (Å²) in [6, 6.07) is 3.73. The maximum atomic E-state index is 10.1. The first kappa shape index (κ1) is 14.3. The van der Waals surface area contributed by atoms with Gasteiger partial charge in [-0.3, -0.25) is 0 Å². The van der Waals surface area contributed by atoms with E-state index in [1.54, 1.807) is 6.20 Å². The summed E-state index contributed by atoms with van der Waals surface area (Å²) in [6.07, 6.45) is 4.76. The molecular weight excluding hydrogens is 240 g/mol. The molecule has 1 aliphatic heterocycles. The molecule has 4 heteroatoms. The minimum absolute atomic E-state index is 0.124. The van der Waals surface area contributed by atoms with Crippen molar-refractivity contribution in [3.05, 3.63) is 23.9 Å². The van der Waals surface area contributed by atoms with E-state index in [1.165, 1.54) is 25.9 Å². The monoisotopic (exact) mass is 264 g/mol. The van der Waals surface area contributed by atoms with Crippen molar-refractivity contribution in [3.8, 4) is 5.88 Å². The normalized spacial score (nSPS) is 17.9. The van der Waals surface area contributed by atoms with Gasteiger partial charge in [-0.25, -0.2) is 4.98 Å². The molecule has 1 fully saturated rings. The number of aromatic nitrogens is 1. The number of nitrogens with zero attached hydrogens (tertiary/aromatic N) is 2. The largest absolute Gasteiger partial charge is 0.475 e. The lowest BCUT2D eigenvalue weighted by Gasteiger charge is -2.17. The van der Waals surface area contributed by atoms with Crippen LogP contribution in [0.3, 0.4) is 0 Å². The highest BCUT2D eigenvalue weighted by atomic mass is 16.5. The van der Waals surface area contributed by atoms with Crippen LogP contribution in [0.2, 0.25) is 0 Å². The van der Waals surface area contributed by atoms with Crippen LogP contribution >= 0.6 is 0 Å². The van der Waals surface area contributed by atoms with Gasteiger partial charge in [0.05, 0.1) is 12.2 Å². The summed E-state index contributed by atoms with van der Waals surface area (Å²) in [6.45, 7) is 7.25. The zero-order valence-electron chi connectivity index (χ0n) is 11.9. The molecule has 1 unspecified atom stereocenters. The first-order chi connectivity index (χ1) is 9.15. The molecule has 1 aromatic heterocycles. The van der Waals surface area contributed by atoms with E-state index in [1.807, 2.05) is 26.0 Å². The number of aliphatic hydroxyl groups excluding tert-OH is 1. The minimum Gasteiger partial charge on any atom is -0.475 e. The van der Waals surface area contributed by atoms with E-state index in [2.05, 4.69) is 9.88 Å². The van der Waals surface area contributed by atoms with Crippen molar-refractivity contribution in [3.63, 3.8) is 0 Å². The SMILES string of the molecule is CC(C)Oc1ccc(C(O)CCN2CCCC2)cn1. The number of pyridine rings is 1. The zero-order chi connectivity index (χ0) is 13.7. The van der Waals surface area contributed by atoms with Crippen molar-refractivity contribution in [2.75, 3.05) is 19.6 Å². The Hall–Kier alpha value is -1.13. The van der Waals surface area contributed by atoms with Crippen LogP contribution in [-0.4, -0.2) is 40.7 Å². The molecule has 0 amide bonds. The molecule has 0 aliphatic carbocycles. The third-order valence-corrected chi connectivity index (χ3v) is 3.42. The van der Waals surface area contributed by atoms with Crippen LogP contribution in [0.4, 0.5) is 0 Å². The van der Waals surface area contributed by atoms with Gasteiger partial charge >= 0.3 is 0 Å². The number of likely N-dealkylation sites (tertiary alicyclic amines) is 1. The lowest BCUT2D eigenvalue weighted by molar-refractivity contribution is 0.148. The van der Waals surface area contributed by atoms with E-state index in [9.17, 15) is 5.11 Å². The van der Waals surface area contributed by atoms with Gasteiger partial charge < -0.3 is 14.7 Å². The minimum atomic E-state index is -0.429. The fraction of sp³-hybridized carbons (Fsp3) is 0.667. The number of aliphatic hydroxyl groups is 1. The van der Waals surface area contributed by atoms with Gasteiger partial charge in [0.25, 0.3) is 0 Å². The smallest absolute Gasteiger partial charge is 0.213 e. The van der Waals surface area contributed by atoms with Gasteiger partial charge in [-0.2, -0.15) is 0 Å². The van der Waals surface area contributed by atoms with Gasteiger partial charge in [0.15, 0.2) is 0 Å². The Morgan fingerprint density at radius 1 is 1.32 bits per heavy atom. The molecular formula is C15H24N2O2. The van der Waals surface area contributed by atoms with Crippen LogP contribution in [0.5, 0.6) is 5.88 Å². The summed E-state index contributed by atoms with van der Waals surface area (Å²) >= 11 is 0. The highest BCUT2D eigenvalue weighted by molar-refractivity contribution is 5.19. The highest BCUT2D eigenvalue weighted by Crippen LogP contribution is 2.19. The van der Waals surface area contributed by atoms with Gasteiger partial charge in [-0.1, -0.05) is 0 Å². The second-order valence-corrected chi connectivity index (χ2v) is 5.45. The summed E-state index contributed by atoms with van der Waals surface area (Å²) in [7, 11) is 0. The molecule has 0 aromatic carbocycles. The van der Waals surface area contributed by atoms with E-state index in [-0.39, 0.29) is 6.10 Å². The third kappa shape index (κ3) is 4.48. The molecule has 4 nitrogen and oxygen atoms in total. The summed E-state index contributed by atoms with van der Waals surface area (Å²) in [5.74, 6) is 0.616. The molecule has 106 valence electrons. The van der Waals surface area contributed by atoms with Crippen LogP contribution in [0, 0.1) is 0 Å². The quantitative estimate of drug-likeness (QED) is 0.857. The molecule has 0 saturated carbocycles. The van der Waals surface area contributed by atoms with Crippen LogP contribution in [0.1, 0.15) is 44.8 Å². The highest BCUT2D eigenvalue weighted by Gasteiger charge is 2.14. The maximum absolute atomic E-state index is 10.1. The molecule has 2 heterocycles. The van der Waals surface area contributed by atoms with Gasteiger partial charge in [0, 0.05) is 18.8 Å². The van der Waals surface area contributed by atoms with Crippen molar-refractivity contribution in [1.82, 2.24) is 9.88 Å². The van der Waals surface area contributed by atoms with E-state index < -0.39 is 6.10 Å². The van der Waals surface area contributed by atoms with E-state index in [0.29, 0.717) is 5.88 Å². The molecule has 1 atom stereocenters. The fourth-order valence-corrected chi connectivity index (χ4v) is 2.38. The first-order valence-electron chi connectivity index (χ1n) is 7.18. The standard InChI is InChI=1S/C15H24N2O2/c1-12(2)19-15-6-5-13(11-16-15)14(18)7-10-17-8-3-4-9-17/h5-6,11-12,14,18H,3-4,7-10H2,1-2H3. The van der Waals surface area contributed by atoms with E-state index in [4.69, 9.17) is 4.74 Å². The Bertz CT molecular complexity index is 372. The second kappa shape index (κ2) is 6.87. The van der Waals surface area contributed by atoms with E-state index >= 15 is 0 Å². The Morgan fingerprint density at radius 2 is 2.05 bits per heavy atom. The predicted molar refractivity (Wildman–Crippen MR) is 75.3 cm³/mol. The molecule has 1 aliphatic rings. The van der Waals surface area contributed by atoms with Crippen LogP contribution in [0.15, 0.2) is 18.3 Å². The second-order valence-electron chi connectivity index (χ2n) is 5.45. The Kier molecular flexibility index (Phi) is 5.16. The van der Waals surface area contributed by atoms with Gasteiger partial charge in [0.2, 0.25) is 5.88 Å². The van der Waals surface area contributed by atoms with Gasteiger partial charge in [-0.05, 0) is 57.8 Å². The van der Waals surface area contributed by atoms with Crippen LogP contribution < -0.4 is 4.74 Å². The van der Waals surface area contributed by atoms with Crippen molar-refractivity contribution in [2.45, 2.75) is 45.3 Å². The average molecular weight is 264 g/mol. The molecule has 19 heavy (non-hydrogen) atoms. The summed E-state index contributed by atoms with van der Waals surface area (Å²) < 4.78 is 5.49. The topological polar surface area (TPSA) is 45.6 Å². The Labute approximate surface area is 115 Å². The maximum Gasteiger partial charge on any atom is 0.213 e. The van der Waals surface area contributed by atoms with Crippen molar-refractivity contribution < 1.29 is 9.84 Å². The predicted octanol–water partition coefficient (Wildman–Crippen LogP) is 2.39. The lowest BCUT2D eigenvalue weighted by Crippen LogP contribution is -2.22. The summed E-state index contributed by atoms with van der Waals surface area (Å²) in [5, 5.41) is 10.1. The summed E-state index contributed by atoms with van der Waals surface area (Å²) in [4.78, 5) is 6.63. The molecule has 0 spiro atoms. The summed E-state index contributed by atoms with van der Waals surface area (Å²) in [5.41, 5.74) is 0.871. The molecule has 0 radical (unpaired) electrons. The van der Waals surface area contributed by atoms with Crippen LogP contribution in [-0.2, 0) is 0 Å². The molecule has 1 N–H and O–H groups in total. The Balaban J connectivity index is 1.82. The van der Waals surface area contributed by atoms with Crippen molar-refractivity contribution in [1.29, 1.82) is 0 Å². The van der Waals surface area contributed by atoms with Gasteiger partial charge in [-0.15, -0.1) is 0 Å². The van der Waals surface area contributed by atoms with Crippen molar-refractivity contribution >= 4 is 0 Å². The number of ether oxygens (including phenoxy) is 1. The zero-order valence-corrected chi connectivity index (χ0v) is 11.9. The van der Waals surface area contributed by atoms with E-state index in [0.717, 1.165) is 18.5 Å². The van der Waals surface area contributed by atoms with Crippen molar-refractivity contribution in [2.24, 2.45) is 0 Å². The Morgan fingerprint density at radius 3 is 2.63 bits per heavy atom. The number of rotatable bonds is 6. The molecule has 1 aromatic rings. The molecule has 2 rings (SSSR count). The average Bonchev–Trinajstić information content (AvgIpc) is 2.89. The third-order valence-electron chi connectivity index (χ3n) is 3.42. The molecule has 1 saturated heterocycles. The van der Waals surface area contributed by atoms with Crippen LogP contribution in [0.25, 0.3) is 0 Å². The first-order valence-corrected chi connectivity index (χ1v) is 7.18. The number of hydrogen-bond acceptors (Lipinski definition) is 4. The molecule has 0 bridgehead atoms.